The van der Waals surface area contributed by atoms with E-state index in [9.17, 15) is 13.2 Å². The molecular formula is C2F3OP. The molecule has 0 aliphatic carbocycles. The Bertz CT molecular complexity index is 106. The average molecular weight is 128 g/mol. The predicted molar refractivity (Wildman–Crippen MR) is 18.0 cm³/mol. The van der Waals surface area contributed by atoms with Crippen LogP contribution in [0.3, 0.4) is 0 Å². The molecule has 0 rings (SSSR count). The summed E-state index contributed by atoms with van der Waals surface area (Å²) in [5, 5.41) is 0. The van der Waals surface area contributed by atoms with Crippen LogP contribution in [-0.2, 0) is 4.57 Å². The van der Waals surface area contributed by atoms with Gasteiger partial charge in [-0.1, -0.05) is 0 Å². The molecule has 0 bridgehead atoms. The van der Waals surface area contributed by atoms with Gasteiger partial charge in [-0.05, 0) is 0 Å². The molecule has 0 aliphatic heterocycles. The van der Waals surface area contributed by atoms with Gasteiger partial charge in [0.25, 0.3) is 5.57 Å². The van der Waals surface area contributed by atoms with Crippen molar-refractivity contribution in [2.45, 2.75) is 0 Å². The largest absolute Gasteiger partial charge is 0.313 e. The van der Waals surface area contributed by atoms with E-state index in [0.717, 1.165) is 0 Å². The monoisotopic (exact) mass is 128 g/mol. The van der Waals surface area contributed by atoms with Crippen LogP contribution in [0.4, 0.5) is 13.2 Å². The third-order valence-corrected chi connectivity index (χ3v) is 0.565. The van der Waals surface area contributed by atoms with Crippen LogP contribution < -0.4 is 0 Å². The normalized spacial score (nSPS) is 9.00. The van der Waals surface area contributed by atoms with E-state index < -0.39 is 20.1 Å². The van der Waals surface area contributed by atoms with Gasteiger partial charge in [-0.15, -0.1) is 0 Å². The highest BCUT2D eigenvalue weighted by atomic mass is 31.1. The first kappa shape index (κ1) is 6.63. The van der Waals surface area contributed by atoms with E-state index in [1.165, 1.54) is 0 Å². The summed E-state index contributed by atoms with van der Waals surface area (Å²) in [5.74, 6) is 0. The first-order valence-electron chi connectivity index (χ1n) is 1.22. The predicted octanol–water partition coefficient (Wildman–Crippen LogP) is 2.31. The van der Waals surface area contributed by atoms with E-state index in [4.69, 9.17) is 4.57 Å². The minimum absolute atomic E-state index is 1.26. The van der Waals surface area contributed by atoms with Crippen molar-refractivity contribution in [3.8, 4) is 0 Å². The molecule has 0 aromatic carbocycles. The molecule has 0 aromatic rings. The summed E-state index contributed by atoms with van der Waals surface area (Å²) in [6, 6.07) is 0. The molecule has 0 aromatic heterocycles. The zero-order valence-corrected chi connectivity index (χ0v) is 3.88. The molecule has 0 spiro atoms. The molecule has 0 heterocycles. The van der Waals surface area contributed by atoms with Crippen molar-refractivity contribution in [3.05, 3.63) is 11.6 Å². The summed E-state index contributed by atoms with van der Waals surface area (Å²) in [5.41, 5.74) is -1.90. The lowest BCUT2D eigenvalue weighted by Gasteiger charge is -1.71. The summed E-state index contributed by atoms with van der Waals surface area (Å²) in [6.45, 7) is 0. The highest BCUT2D eigenvalue weighted by Gasteiger charge is 2.01. The van der Waals surface area contributed by atoms with Crippen LogP contribution in [0.1, 0.15) is 0 Å². The first-order chi connectivity index (χ1) is 3.18. The minimum Gasteiger partial charge on any atom is -0.267 e. The maximum absolute atomic E-state index is 11.1. The highest BCUT2D eigenvalue weighted by Crippen LogP contribution is 2.19. The van der Waals surface area contributed by atoms with Crippen molar-refractivity contribution < 1.29 is 17.7 Å². The molecule has 0 fully saturated rings. The van der Waals surface area contributed by atoms with Crippen molar-refractivity contribution in [1.82, 2.24) is 0 Å². The van der Waals surface area contributed by atoms with E-state index in [2.05, 4.69) is 0 Å². The highest BCUT2D eigenvalue weighted by molar-refractivity contribution is 7.28. The Morgan fingerprint density at radius 2 is 1.71 bits per heavy atom. The third kappa shape index (κ3) is 2.34. The van der Waals surface area contributed by atoms with E-state index in [1.54, 1.807) is 0 Å². The standard InChI is InChI=1S/C2F3OP/c3-1(4)2(5)7-6. The van der Waals surface area contributed by atoms with E-state index >= 15 is 0 Å². The molecule has 7 heavy (non-hydrogen) atoms. The summed E-state index contributed by atoms with van der Waals surface area (Å²) >= 11 is 0. The van der Waals surface area contributed by atoms with Crippen LogP contribution in [0.5, 0.6) is 0 Å². The second-order valence-electron chi connectivity index (χ2n) is 0.643. The smallest absolute Gasteiger partial charge is 0.267 e. The van der Waals surface area contributed by atoms with Crippen LogP contribution in [0.2, 0.25) is 0 Å². The molecule has 0 radical (unpaired) electrons. The van der Waals surface area contributed by atoms with Gasteiger partial charge >= 0.3 is 6.08 Å². The van der Waals surface area contributed by atoms with Gasteiger partial charge < -0.3 is 0 Å². The summed E-state index contributed by atoms with van der Waals surface area (Å²) in [7, 11) is -1.26. The molecule has 0 N–H and O–H groups in total. The Morgan fingerprint density at radius 3 is 1.71 bits per heavy atom. The fourth-order valence-electron chi connectivity index (χ4n) is 0.0345. The van der Waals surface area contributed by atoms with Gasteiger partial charge in [0, 0.05) is 0 Å². The van der Waals surface area contributed by atoms with Crippen LogP contribution in [0.15, 0.2) is 11.6 Å². The quantitative estimate of drug-likeness (QED) is 0.495. The molecule has 40 valence electrons. The maximum Gasteiger partial charge on any atom is 0.313 e. The van der Waals surface area contributed by atoms with Gasteiger partial charge in [0.05, 0.1) is 0 Å². The molecule has 0 unspecified atom stereocenters. The van der Waals surface area contributed by atoms with Gasteiger partial charge in [-0.3, -0.25) is 4.57 Å². The van der Waals surface area contributed by atoms with E-state index in [-0.39, 0.29) is 0 Å². The second kappa shape index (κ2) is 2.75. The Hall–Kier alpha value is -0.370. The second-order valence-corrected chi connectivity index (χ2v) is 1.22. The Kier molecular flexibility index (Phi) is 2.60. The van der Waals surface area contributed by atoms with Gasteiger partial charge in [-0.2, -0.15) is 13.2 Å². The molecule has 1 nitrogen and oxygen atoms in total. The third-order valence-electron chi connectivity index (χ3n) is 0.236. The van der Waals surface area contributed by atoms with E-state index in [1.807, 2.05) is 0 Å². The van der Waals surface area contributed by atoms with Crippen molar-refractivity contribution in [2.75, 3.05) is 0 Å². The fraction of sp³-hybridized carbons (Fsp3) is 0. The molecule has 0 aliphatic rings. The zero-order valence-electron chi connectivity index (χ0n) is 2.99. The lowest BCUT2D eigenvalue weighted by molar-refractivity contribution is 0.393. The number of hydrogen-bond acceptors (Lipinski definition) is 1. The van der Waals surface area contributed by atoms with Gasteiger partial charge in [0.2, 0.25) is 8.46 Å². The lowest BCUT2D eigenvalue weighted by atomic mass is 11.1. The summed E-state index contributed by atoms with van der Waals surface area (Å²) < 4.78 is 41.6. The van der Waals surface area contributed by atoms with E-state index in [0.29, 0.717) is 0 Å². The topological polar surface area (TPSA) is 17.1 Å². The molecule has 0 saturated carbocycles. The number of halogens is 3. The number of hydrogen-bond donors (Lipinski definition) is 0. The Morgan fingerprint density at radius 1 is 1.29 bits per heavy atom. The SMILES string of the molecule is O=PC(F)=C(F)F. The molecule has 0 amide bonds. The van der Waals surface area contributed by atoms with Crippen LogP contribution in [-0.4, -0.2) is 0 Å². The molecule has 5 heteroatoms. The van der Waals surface area contributed by atoms with Crippen molar-refractivity contribution in [2.24, 2.45) is 0 Å². The fourth-order valence-corrected chi connectivity index (χ4v) is 0.104. The Balaban J connectivity index is 3.98. The molecule has 0 saturated heterocycles. The van der Waals surface area contributed by atoms with Gasteiger partial charge in [-0.25, -0.2) is 0 Å². The van der Waals surface area contributed by atoms with Crippen molar-refractivity contribution in [1.29, 1.82) is 0 Å². The van der Waals surface area contributed by atoms with Crippen molar-refractivity contribution >= 4 is 8.46 Å². The van der Waals surface area contributed by atoms with Crippen LogP contribution >= 0.6 is 8.46 Å². The van der Waals surface area contributed by atoms with Crippen molar-refractivity contribution in [3.63, 3.8) is 0 Å². The van der Waals surface area contributed by atoms with Gasteiger partial charge in [0.15, 0.2) is 0 Å². The summed E-state index contributed by atoms with van der Waals surface area (Å²) in [6.07, 6.45) is -2.53. The minimum atomic E-state index is -2.53. The Labute approximate surface area is 39.0 Å². The average Bonchev–Trinajstić information content (AvgIpc) is 1.65. The maximum atomic E-state index is 11.1. The van der Waals surface area contributed by atoms with Crippen LogP contribution in [0, 0.1) is 0 Å². The lowest BCUT2D eigenvalue weighted by Crippen LogP contribution is -1.55. The summed E-state index contributed by atoms with van der Waals surface area (Å²) in [4.78, 5) is 0. The number of rotatable bonds is 1. The van der Waals surface area contributed by atoms with Crippen LogP contribution in [0.25, 0.3) is 0 Å². The van der Waals surface area contributed by atoms with Gasteiger partial charge in [0.1, 0.15) is 0 Å². The zero-order chi connectivity index (χ0) is 5.86. The molecule has 0 atom stereocenters. The first-order valence-corrected chi connectivity index (χ1v) is 2.04. The molecular weight excluding hydrogens is 128 g/mol.